The maximum absolute atomic E-state index is 13.2. The van der Waals surface area contributed by atoms with Gasteiger partial charge < -0.3 is 10.6 Å². The highest BCUT2D eigenvalue weighted by atomic mass is 19.4. The van der Waals surface area contributed by atoms with Crippen LogP contribution in [0.3, 0.4) is 0 Å². The third-order valence-corrected chi connectivity index (χ3v) is 3.69. The number of benzene rings is 2. The molecule has 0 aliphatic carbocycles. The van der Waals surface area contributed by atoms with Crippen molar-refractivity contribution in [2.24, 2.45) is 0 Å². The first-order valence-corrected chi connectivity index (χ1v) is 7.89. The van der Waals surface area contributed by atoms with Crippen LogP contribution >= 0.6 is 0 Å². The topological polar surface area (TPSA) is 54.0 Å². The highest BCUT2D eigenvalue weighted by Gasteiger charge is 2.30. The van der Waals surface area contributed by atoms with Crippen LogP contribution in [-0.2, 0) is 6.18 Å². The van der Waals surface area contributed by atoms with Crippen LogP contribution in [0.4, 0.5) is 39.1 Å². The van der Waals surface area contributed by atoms with Gasteiger partial charge in [0, 0.05) is 17.3 Å². The summed E-state index contributed by atoms with van der Waals surface area (Å²) in [5.74, 6) is -2.26. The van der Waals surface area contributed by atoms with Gasteiger partial charge in [0.1, 0.15) is 5.82 Å². The van der Waals surface area contributed by atoms with E-state index in [2.05, 4.69) is 15.6 Å². The van der Waals surface area contributed by atoms with Crippen molar-refractivity contribution in [1.29, 1.82) is 0 Å². The van der Waals surface area contributed by atoms with E-state index in [1.54, 1.807) is 0 Å². The second-order valence-electron chi connectivity index (χ2n) is 5.72. The number of nitrogens with zero attached hydrogens (tertiary/aromatic N) is 1. The zero-order chi connectivity index (χ0) is 20.3. The van der Waals surface area contributed by atoms with Crippen molar-refractivity contribution in [3.05, 3.63) is 83.6 Å². The number of alkyl halides is 3. The highest BCUT2D eigenvalue weighted by Crippen LogP contribution is 2.29. The van der Waals surface area contributed by atoms with Gasteiger partial charge in [0.15, 0.2) is 11.6 Å². The van der Waals surface area contributed by atoms with E-state index in [1.165, 1.54) is 24.4 Å². The molecule has 0 spiro atoms. The van der Waals surface area contributed by atoms with Crippen LogP contribution in [0.15, 0.2) is 60.8 Å². The van der Waals surface area contributed by atoms with E-state index in [0.29, 0.717) is 11.5 Å². The van der Waals surface area contributed by atoms with Crippen LogP contribution in [0.2, 0.25) is 0 Å². The lowest BCUT2D eigenvalue weighted by Crippen LogP contribution is -2.13. The Morgan fingerprint density at radius 1 is 0.857 bits per heavy atom. The van der Waals surface area contributed by atoms with Gasteiger partial charge in [0.2, 0.25) is 0 Å². The molecule has 3 aromatic rings. The Morgan fingerprint density at radius 2 is 1.54 bits per heavy atom. The molecule has 3 rings (SSSR count). The normalized spacial score (nSPS) is 11.2. The van der Waals surface area contributed by atoms with Crippen LogP contribution in [0.1, 0.15) is 15.9 Å². The molecule has 0 atom stereocenters. The Morgan fingerprint density at radius 3 is 2.11 bits per heavy atom. The number of pyridine rings is 1. The minimum Gasteiger partial charge on any atom is -0.340 e. The standard InChI is InChI=1S/C19H12F5N3O/c20-15-7-5-13(9-16(15)21)26-17-8-6-14(10-25-17)27-18(28)11-1-3-12(4-2-11)19(22,23)24/h1-10H,(H,25,26)(H,27,28). The summed E-state index contributed by atoms with van der Waals surface area (Å²) >= 11 is 0. The fraction of sp³-hybridized carbons (Fsp3) is 0.0526. The van der Waals surface area contributed by atoms with Gasteiger partial charge in [-0.3, -0.25) is 4.79 Å². The first-order chi connectivity index (χ1) is 13.2. The first-order valence-electron chi connectivity index (χ1n) is 7.89. The third-order valence-electron chi connectivity index (χ3n) is 3.69. The lowest BCUT2D eigenvalue weighted by Gasteiger charge is -2.09. The molecule has 1 amide bonds. The summed E-state index contributed by atoms with van der Waals surface area (Å²) in [6.45, 7) is 0. The quantitative estimate of drug-likeness (QED) is 0.586. The fourth-order valence-electron chi connectivity index (χ4n) is 2.28. The highest BCUT2D eigenvalue weighted by molar-refractivity contribution is 6.04. The van der Waals surface area contributed by atoms with Gasteiger partial charge in [-0.1, -0.05) is 0 Å². The first kappa shape index (κ1) is 19.3. The van der Waals surface area contributed by atoms with Crippen molar-refractivity contribution < 1.29 is 26.7 Å². The number of hydrogen-bond acceptors (Lipinski definition) is 3. The summed E-state index contributed by atoms with van der Waals surface area (Å²) in [6.07, 6.45) is -3.17. The monoisotopic (exact) mass is 393 g/mol. The zero-order valence-corrected chi connectivity index (χ0v) is 14.0. The van der Waals surface area contributed by atoms with E-state index in [-0.39, 0.29) is 11.3 Å². The lowest BCUT2D eigenvalue weighted by atomic mass is 10.1. The largest absolute Gasteiger partial charge is 0.416 e. The third kappa shape index (κ3) is 4.61. The lowest BCUT2D eigenvalue weighted by molar-refractivity contribution is -0.137. The van der Waals surface area contributed by atoms with Crippen molar-refractivity contribution in [3.8, 4) is 0 Å². The molecule has 1 aromatic heterocycles. The molecule has 1 heterocycles. The molecular formula is C19H12F5N3O. The molecule has 9 heteroatoms. The van der Waals surface area contributed by atoms with Crippen LogP contribution in [0.5, 0.6) is 0 Å². The van der Waals surface area contributed by atoms with E-state index >= 15 is 0 Å². The average Bonchev–Trinajstić information content (AvgIpc) is 2.66. The van der Waals surface area contributed by atoms with Gasteiger partial charge in [-0.25, -0.2) is 13.8 Å². The second-order valence-corrected chi connectivity index (χ2v) is 5.72. The van der Waals surface area contributed by atoms with Gasteiger partial charge >= 0.3 is 6.18 Å². The minimum atomic E-state index is -4.48. The van der Waals surface area contributed by atoms with Crippen molar-refractivity contribution in [2.45, 2.75) is 6.18 Å². The Labute approximate surface area is 156 Å². The SMILES string of the molecule is O=C(Nc1ccc(Nc2ccc(F)c(F)c2)nc1)c1ccc(C(F)(F)F)cc1. The van der Waals surface area contributed by atoms with Gasteiger partial charge in [-0.2, -0.15) is 13.2 Å². The second kappa shape index (κ2) is 7.63. The summed E-state index contributed by atoms with van der Waals surface area (Å²) in [5, 5.41) is 5.27. The van der Waals surface area contributed by atoms with Crippen molar-refractivity contribution in [3.63, 3.8) is 0 Å². The summed E-state index contributed by atoms with van der Waals surface area (Å²) in [6, 6.07) is 10.0. The molecule has 4 nitrogen and oxygen atoms in total. The van der Waals surface area contributed by atoms with E-state index in [4.69, 9.17) is 0 Å². The Bertz CT molecular complexity index is 986. The Kier molecular flexibility index (Phi) is 5.25. The van der Waals surface area contributed by atoms with Gasteiger partial charge in [-0.15, -0.1) is 0 Å². The fourth-order valence-corrected chi connectivity index (χ4v) is 2.28. The Balaban J connectivity index is 1.65. The van der Waals surface area contributed by atoms with Crippen molar-refractivity contribution in [2.75, 3.05) is 10.6 Å². The zero-order valence-electron chi connectivity index (χ0n) is 14.0. The number of anilines is 3. The molecule has 0 saturated carbocycles. The molecule has 0 aliphatic heterocycles. The summed E-state index contributed by atoms with van der Waals surface area (Å²) < 4.78 is 63.8. The maximum atomic E-state index is 13.2. The molecule has 0 saturated heterocycles. The molecule has 0 aliphatic rings. The van der Waals surface area contributed by atoms with E-state index in [0.717, 1.165) is 36.4 Å². The molecule has 144 valence electrons. The maximum Gasteiger partial charge on any atom is 0.416 e. The molecule has 0 bridgehead atoms. The molecule has 28 heavy (non-hydrogen) atoms. The molecule has 0 unspecified atom stereocenters. The number of rotatable bonds is 4. The Hall–Kier alpha value is -3.49. The van der Waals surface area contributed by atoms with Crippen LogP contribution in [-0.4, -0.2) is 10.9 Å². The summed E-state index contributed by atoms with van der Waals surface area (Å²) in [5.41, 5.74) is -0.205. The van der Waals surface area contributed by atoms with Crippen LogP contribution in [0.25, 0.3) is 0 Å². The number of carbonyl (C=O) groups excluding carboxylic acids is 1. The number of hydrogen-bond donors (Lipinski definition) is 2. The molecule has 2 N–H and O–H groups in total. The molecule has 2 aromatic carbocycles. The van der Waals surface area contributed by atoms with Crippen molar-refractivity contribution in [1.82, 2.24) is 4.98 Å². The number of carbonyl (C=O) groups is 1. The van der Waals surface area contributed by atoms with Crippen molar-refractivity contribution >= 4 is 23.1 Å². The predicted molar refractivity (Wildman–Crippen MR) is 93.3 cm³/mol. The summed E-state index contributed by atoms with van der Waals surface area (Å²) in [7, 11) is 0. The van der Waals surface area contributed by atoms with E-state index < -0.39 is 29.3 Å². The van der Waals surface area contributed by atoms with Gasteiger partial charge in [0.05, 0.1) is 17.4 Å². The van der Waals surface area contributed by atoms with E-state index in [9.17, 15) is 26.7 Å². The number of halogens is 5. The minimum absolute atomic E-state index is 0.0528. The smallest absolute Gasteiger partial charge is 0.340 e. The predicted octanol–water partition coefficient (Wildman–Crippen LogP) is 5.37. The average molecular weight is 393 g/mol. The molecule has 0 radical (unpaired) electrons. The number of amides is 1. The van der Waals surface area contributed by atoms with Gasteiger partial charge in [-0.05, 0) is 48.5 Å². The van der Waals surface area contributed by atoms with Crippen LogP contribution < -0.4 is 10.6 Å². The number of nitrogens with one attached hydrogen (secondary N) is 2. The van der Waals surface area contributed by atoms with Crippen LogP contribution in [0, 0.1) is 11.6 Å². The summed E-state index contributed by atoms with van der Waals surface area (Å²) in [4.78, 5) is 16.1. The molecule has 0 fully saturated rings. The van der Waals surface area contributed by atoms with E-state index in [1.807, 2.05) is 0 Å². The molecular weight excluding hydrogens is 381 g/mol. The number of aromatic nitrogens is 1. The van der Waals surface area contributed by atoms with Gasteiger partial charge in [0.25, 0.3) is 5.91 Å².